The quantitative estimate of drug-likeness (QED) is 0.424. The van der Waals surface area contributed by atoms with Gasteiger partial charge in [0.05, 0.1) is 5.41 Å². The van der Waals surface area contributed by atoms with Crippen LogP contribution >= 0.6 is 0 Å². The van der Waals surface area contributed by atoms with E-state index < -0.39 is 5.41 Å². The molecule has 0 spiro atoms. The normalized spacial score (nSPS) is 17.8. The molecule has 1 fully saturated rings. The molecule has 1 aliphatic carbocycles. The topological polar surface area (TPSA) is 65.8 Å². The second-order valence-corrected chi connectivity index (χ2v) is 4.15. The lowest BCUT2D eigenvalue weighted by Crippen LogP contribution is -2.31. The molecule has 0 radical (unpaired) electrons. The number of azide groups is 1. The summed E-state index contributed by atoms with van der Waals surface area (Å²) in [4.78, 5) is 14.6. The average Bonchev–Trinajstić information content (AvgIpc) is 2.81. The molecule has 82 valence electrons. The summed E-state index contributed by atoms with van der Waals surface area (Å²) < 4.78 is 0. The van der Waals surface area contributed by atoms with Gasteiger partial charge in [-0.1, -0.05) is 43.2 Å². The summed E-state index contributed by atoms with van der Waals surface area (Å²) in [7, 11) is 0. The van der Waals surface area contributed by atoms with Crippen molar-refractivity contribution in [1.82, 2.24) is 0 Å². The zero-order chi connectivity index (χ0) is 11.4. The fourth-order valence-electron chi connectivity index (χ4n) is 2.50. The minimum absolute atomic E-state index is 0.335. The molecule has 1 saturated carbocycles. The molecule has 1 aromatic rings. The van der Waals surface area contributed by atoms with Crippen molar-refractivity contribution in [2.24, 2.45) is 5.11 Å². The molecule has 1 aromatic carbocycles. The van der Waals surface area contributed by atoms with E-state index in [4.69, 9.17) is 5.53 Å². The summed E-state index contributed by atoms with van der Waals surface area (Å²) in [5, 5.41) is 3.30. The van der Waals surface area contributed by atoms with Crippen LogP contribution in [0.25, 0.3) is 10.4 Å². The average molecular weight is 215 g/mol. The van der Waals surface area contributed by atoms with Crippen molar-refractivity contribution in [2.75, 3.05) is 0 Å². The molecule has 0 heterocycles. The van der Waals surface area contributed by atoms with Crippen molar-refractivity contribution < 1.29 is 4.79 Å². The number of hydrogen-bond donors (Lipinski definition) is 0. The summed E-state index contributed by atoms with van der Waals surface area (Å²) >= 11 is 0. The first kappa shape index (κ1) is 10.7. The maximum atomic E-state index is 11.9. The smallest absolute Gasteiger partial charge is 0.229 e. The molecule has 0 aromatic heterocycles. The third kappa shape index (κ3) is 1.68. The minimum atomic E-state index is -0.562. The number of hydrogen-bond acceptors (Lipinski definition) is 1. The third-order valence-electron chi connectivity index (χ3n) is 3.33. The molecular formula is C12H13N3O. The predicted molar refractivity (Wildman–Crippen MR) is 60.7 cm³/mol. The van der Waals surface area contributed by atoms with E-state index in [0.29, 0.717) is 0 Å². The number of rotatable bonds is 2. The van der Waals surface area contributed by atoms with Crippen molar-refractivity contribution in [1.29, 1.82) is 0 Å². The lowest BCUT2D eigenvalue weighted by Gasteiger charge is -2.25. The molecular weight excluding hydrogens is 202 g/mol. The van der Waals surface area contributed by atoms with Gasteiger partial charge in [-0.15, -0.1) is 0 Å². The van der Waals surface area contributed by atoms with E-state index in [9.17, 15) is 4.79 Å². The Hall–Kier alpha value is -1.80. The minimum Gasteiger partial charge on any atom is -0.292 e. The van der Waals surface area contributed by atoms with Crippen LogP contribution in [0.1, 0.15) is 31.2 Å². The number of amides is 1. The van der Waals surface area contributed by atoms with Crippen LogP contribution in [-0.4, -0.2) is 5.91 Å². The van der Waals surface area contributed by atoms with E-state index in [2.05, 4.69) is 10.0 Å². The molecule has 0 unspecified atom stereocenters. The first-order valence-electron chi connectivity index (χ1n) is 5.45. The first-order chi connectivity index (χ1) is 7.79. The molecule has 1 amide bonds. The van der Waals surface area contributed by atoms with E-state index in [1.165, 1.54) is 0 Å². The van der Waals surface area contributed by atoms with Gasteiger partial charge in [0.15, 0.2) is 0 Å². The summed E-state index contributed by atoms with van der Waals surface area (Å²) in [5.74, 6) is -0.335. The molecule has 4 heteroatoms. The Morgan fingerprint density at radius 1 is 1.25 bits per heavy atom. The Balaban J connectivity index is 2.44. The lowest BCUT2D eigenvalue weighted by molar-refractivity contribution is -0.123. The van der Waals surface area contributed by atoms with Gasteiger partial charge in [0.25, 0.3) is 0 Å². The second kappa shape index (κ2) is 4.37. The Morgan fingerprint density at radius 3 is 2.44 bits per heavy atom. The van der Waals surface area contributed by atoms with Crippen molar-refractivity contribution in [2.45, 2.75) is 31.1 Å². The Labute approximate surface area is 93.9 Å². The first-order valence-corrected chi connectivity index (χ1v) is 5.45. The molecule has 2 rings (SSSR count). The van der Waals surface area contributed by atoms with Gasteiger partial charge in [0.2, 0.25) is 5.91 Å². The molecule has 16 heavy (non-hydrogen) atoms. The SMILES string of the molecule is [N-]=[N+]=NC(=O)C1(c2ccccc2)CCCC1. The van der Waals surface area contributed by atoms with Gasteiger partial charge in [0.1, 0.15) is 0 Å². The maximum absolute atomic E-state index is 11.9. The molecule has 1 aliphatic rings. The molecule has 4 nitrogen and oxygen atoms in total. The third-order valence-corrected chi connectivity index (χ3v) is 3.33. The summed E-state index contributed by atoms with van der Waals surface area (Å²) in [6.45, 7) is 0. The standard InChI is InChI=1S/C12H13N3O/c13-15-14-11(16)12(8-4-5-9-12)10-6-2-1-3-7-10/h1-3,6-7H,4-5,8-9H2. The van der Waals surface area contributed by atoms with Crippen LogP contribution in [0.3, 0.4) is 0 Å². The Morgan fingerprint density at radius 2 is 1.88 bits per heavy atom. The molecule has 0 N–H and O–H groups in total. The maximum Gasteiger partial charge on any atom is 0.229 e. The summed E-state index contributed by atoms with van der Waals surface area (Å²) in [6, 6.07) is 9.63. The molecule has 0 aliphatic heterocycles. The van der Waals surface area contributed by atoms with E-state index in [-0.39, 0.29) is 5.91 Å². The highest BCUT2D eigenvalue weighted by molar-refractivity contribution is 5.89. The second-order valence-electron chi connectivity index (χ2n) is 4.15. The molecule has 0 atom stereocenters. The van der Waals surface area contributed by atoms with Crippen LogP contribution in [0.4, 0.5) is 0 Å². The van der Waals surface area contributed by atoms with Crippen molar-refractivity contribution in [3.63, 3.8) is 0 Å². The van der Waals surface area contributed by atoms with Gasteiger partial charge in [-0.2, -0.15) is 0 Å². The van der Waals surface area contributed by atoms with Gasteiger partial charge in [0, 0.05) is 4.91 Å². The fourth-order valence-corrected chi connectivity index (χ4v) is 2.50. The van der Waals surface area contributed by atoms with Gasteiger partial charge >= 0.3 is 0 Å². The van der Waals surface area contributed by atoms with Crippen LogP contribution < -0.4 is 0 Å². The zero-order valence-electron chi connectivity index (χ0n) is 8.97. The summed E-state index contributed by atoms with van der Waals surface area (Å²) in [6.07, 6.45) is 3.60. The highest BCUT2D eigenvalue weighted by atomic mass is 16.2. The number of nitrogens with zero attached hydrogens (tertiary/aromatic N) is 3. The van der Waals surface area contributed by atoms with E-state index in [0.717, 1.165) is 31.2 Å². The largest absolute Gasteiger partial charge is 0.292 e. The predicted octanol–water partition coefficient (Wildman–Crippen LogP) is 3.34. The van der Waals surface area contributed by atoms with Crippen LogP contribution in [0.15, 0.2) is 35.4 Å². The van der Waals surface area contributed by atoms with Crippen LogP contribution in [0.5, 0.6) is 0 Å². The van der Waals surface area contributed by atoms with Gasteiger partial charge in [-0.25, -0.2) is 0 Å². The van der Waals surface area contributed by atoms with Gasteiger partial charge in [-0.3, -0.25) is 4.79 Å². The number of carbonyl (C=O) groups is 1. The van der Waals surface area contributed by atoms with Crippen molar-refractivity contribution in [3.8, 4) is 0 Å². The Bertz CT molecular complexity index is 429. The Kier molecular flexibility index (Phi) is 2.93. The highest BCUT2D eigenvalue weighted by Gasteiger charge is 2.41. The molecule has 0 saturated heterocycles. The van der Waals surface area contributed by atoms with Gasteiger partial charge < -0.3 is 0 Å². The lowest BCUT2D eigenvalue weighted by atomic mass is 9.78. The van der Waals surface area contributed by atoms with Crippen LogP contribution in [-0.2, 0) is 10.2 Å². The van der Waals surface area contributed by atoms with Gasteiger partial charge in [-0.05, 0) is 29.1 Å². The zero-order valence-corrected chi connectivity index (χ0v) is 8.97. The highest BCUT2D eigenvalue weighted by Crippen LogP contribution is 2.42. The van der Waals surface area contributed by atoms with Crippen molar-refractivity contribution >= 4 is 5.91 Å². The monoisotopic (exact) mass is 215 g/mol. The van der Waals surface area contributed by atoms with E-state index in [1.807, 2.05) is 30.3 Å². The van der Waals surface area contributed by atoms with E-state index >= 15 is 0 Å². The number of carbonyl (C=O) groups excluding carboxylic acids is 1. The fraction of sp³-hybridized carbons (Fsp3) is 0.417. The van der Waals surface area contributed by atoms with Crippen LogP contribution in [0.2, 0.25) is 0 Å². The number of benzene rings is 1. The van der Waals surface area contributed by atoms with Crippen LogP contribution in [0, 0.1) is 0 Å². The summed E-state index contributed by atoms with van der Waals surface area (Å²) in [5.41, 5.74) is 8.81. The van der Waals surface area contributed by atoms with E-state index in [1.54, 1.807) is 0 Å². The van der Waals surface area contributed by atoms with Crippen molar-refractivity contribution in [3.05, 3.63) is 46.3 Å². The molecule has 0 bridgehead atoms.